The average molecular weight is 338 g/mol. The third kappa shape index (κ3) is 4.48. The van der Waals surface area contributed by atoms with E-state index >= 15 is 0 Å². The van der Waals surface area contributed by atoms with Gasteiger partial charge in [0.2, 0.25) is 5.91 Å². The van der Waals surface area contributed by atoms with Crippen molar-refractivity contribution in [1.82, 2.24) is 0 Å². The SMILES string of the molecule is NC(=O)c1ccc(NC(=O)COc2ccccc2C(F)(F)F)cc1. The zero-order chi connectivity index (χ0) is 17.7. The third-order valence-electron chi connectivity index (χ3n) is 3.00. The van der Waals surface area contributed by atoms with Gasteiger partial charge in [-0.05, 0) is 36.4 Å². The summed E-state index contributed by atoms with van der Waals surface area (Å²) in [6.45, 7) is -0.593. The zero-order valence-corrected chi connectivity index (χ0v) is 12.3. The fourth-order valence-corrected chi connectivity index (χ4v) is 1.88. The third-order valence-corrected chi connectivity index (χ3v) is 3.00. The molecule has 0 aliphatic heterocycles. The minimum Gasteiger partial charge on any atom is -0.483 e. The van der Waals surface area contributed by atoms with Gasteiger partial charge in [0.15, 0.2) is 6.61 Å². The summed E-state index contributed by atoms with van der Waals surface area (Å²) in [6, 6.07) is 10.3. The number of anilines is 1. The number of ether oxygens (including phenoxy) is 1. The fraction of sp³-hybridized carbons (Fsp3) is 0.125. The maximum absolute atomic E-state index is 12.8. The number of hydrogen-bond donors (Lipinski definition) is 2. The van der Waals surface area contributed by atoms with Crippen LogP contribution in [0.15, 0.2) is 48.5 Å². The lowest BCUT2D eigenvalue weighted by atomic mass is 10.2. The largest absolute Gasteiger partial charge is 0.483 e. The number of carbonyl (C=O) groups excluding carboxylic acids is 2. The maximum atomic E-state index is 12.8. The van der Waals surface area contributed by atoms with Gasteiger partial charge >= 0.3 is 6.18 Å². The number of benzene rings is 2. The van der Waals surface area contributed by atoms with Crippen LogP contribution in [0.2, 0.25) is 0 Å². The molecule has 0 aliphatic rings. The van der Waals surface area contributed by atoms with Crippen LogP contribution >= 0.6 is 0 Å². The number of nitrogens with one attached hydrogen (secondary N) is 1. The van der Waals surface area contributed by atoms with Crippen molar-refractivity contribution in [3.8, 4) is 5.75 Å². The summed E-state index contributed by atoms with van der Waals surface area (Å²) < 4.78 is 43.4. The molecule has 0 atom stereocenters. The van der Waals surface area contributed by atoms with Crippen molar-refractivity contribution in [2.45, 2.75) is 6.18 Å². The Kier molecular flexibility index (Phi) is 5.08. The number of alkyl halides is 3. The van der Waals surface area contributed by atoms with E-state index < -0.39 is 35.9 Å². The van der Waals surface area contributed by atoms with Crippen LogP contribution in [0.3, 0.4) is 0 Å². The topological polar surface area (TPSA) is 81.4 Å². The van der Waals surface area contributed by atoms with Crippen molar-refractivity contribution in [3.05, 3.63) is 59.7 Å². The number of amides is 2. The quantitative estimate of drug-likeness (QED) is 0.879. The van der Waals surface area contributed by atoms with E-state index in [0.717, 1.165) is 12.1 Å². The monoisotopic (exact) mass is 338 g/mol. The Morgan fingerprint density at radius 1 is 1.04 bits per heavy atom. The van der Waals surface area contributed by atoms with Gasteiger partial charge in [0, 0.05) is 11.3 Å². The summed E-state index contributed by atoms with van der Waals surface area (Å²) in [7, 11) is 0. The molecule has 0 aliphatic carbocycles. The first kappa shape index (κ1) is 17.3. The second kappa shape index (κ2) is 7.03. The molecule has 0 saturated heterocycles. The minimum atomic E-state index is -4.57. The Bertz CT molecular complexity index is 743. The van der Waals surface area contributed by atoms with Crippen LogP contribution in [0.1, 0.15) is 15.9 Å². The Morgan fingerprint density at radius 2 is 1.67 bits per heavy atom. The highest BCUT2D eigenvalue weighted by atomic mass is 19.4. The van der Waals surface area contributed by atoms with E-state index in [1.165, 1.54) is 36.4 Å². The Hall–Kier alpha value is -3.03. The number of nitrogens with two attached hydrogens (primary N) is 1. The first-order valence-electron chi connectivity index (χ1n) is 6.76. The molecule has 0 aromatic heterocycles. The molecule has 24 heavy (non-hydrogen) atoms. The predicted octanol–water partition coefficient (Wildman–Crippen LogP) is 2.82. The number of rotatable bonds is 5. The molecule has 5 nitrogen and oxygen atoms in total. The minimum absolute atomic E-state index is 0.267. The fourth-order valence-electron chi connectivity index (χ4n) is 1.88. The van der Waals surface area contributed by atoms with Gasteiger partial charge in [-0.1, -0.05) is 12.1 Å². The molecule has 0 spiro atoms. The van der Waals surface area contributed by atoms with Crippen molar-refractivity contribution >= 4 is 17.5 Å². The lowest BCUT2D eigenvalue weighted by Crippen LogP contribution is -2.21. The van der Waals surface area contributed by atoms with Crippen LogP contribution < -0.4 is 15.8 Å². The van der Waals surface area contributed by atoms with Crippen molar-refractivity contribution in [1.29, 1.82) is 0 Å². The van der Waals surface area contributed by atoms with Crippen molar-refractivity contribution in [3.63, 3.8) is 0 Å². The molecule has 126 valence electrons. The van der Waals surface area contributed by atoms with Gasteiger partial charge in [-0.2, -0.15) is 13.2 Å². The number of primary amides is 1. The van der Waals surface area contributed by atoms with Gasteiger partial charge in [-0.15, -0.1) is 0 Å². The van der Waals surface area contributed by atoms with E-state index in [0.29, 0.717) is 5.69 Å². The van der Waals surface area contributed by atoms with Crippen molar-refractivity contribution < 1.29 is 27.5 Å². The molecule has 2 aromatic rings. The summed E-state index contributed by atoms with van der Waals surface area (Å²) in [5.41, 5.74) is 4.76. The van der Waals surface area contributed by atoms with Gasteiger partial charge in [0.05, 0.1) is 5.56 Å². The van der Waals surface area contributed by atoms with Gasteiger partial charge in [0.1, 0.15) is 5.75 Å². The lowest BCUT2D eigenvalue weighted by molar-refractivity contribution is -0.139. The second-order valence-corrected chi connectivity index (χ2v) is 4.77. The van der Waals surface area contributed by atoms with Crippen molar-refractivity contribution in [2.24, 2.45) is 5.73 Å². The van der Waals surface area contributed by atoms with Gasteiger partial charge in [-0.3, -0.25) is 9.59 Å². The summed E-state index contributed by atoms with van der Waals surface area (Å²) in [4.78, 5) is 22.7. The Labute approximate surface area is 135 Å². The molecule has 0 fully saturated rings. The molecule has 0 bridgehead atoms. The van der Waals surface area contributed by atoms with Crippen LogP contribution in [-0.4, -0.2) is 18.4 Å². The van der Waals surface area contributed by atoms with E-state index in [1.807, 2.05) is 0 Å². The average Bonchev–Trinajstić information content (AvgIpc) is 2.53. The molecule has 0 unspecified atom stereocenters. The number of halogens is 3. The highest BCUT2D eigenvalue weighted by Gasteiger charge is 2.34. The predicted molar refractivity (Wildman–Crippen MR) is 80.5 cm³/mol. The Balaban J connectivity index is 1.98. The van der Waals surface area contributed by atoms with Crippen LogP contribution in [0.4, 0.5) is 18.9 Å². The van der Waals surface area contributed by atoms with Crippen LogP contribution in [0.25, 0.3) is 0 Å². The first-order valence-corrected chi connectivity index (χ1v) is 6.76. The van der Waals surface area contributed by atoms with E-state index in [4.69, 9.17) is 10.5 Å². The lowest BCUT2D eigenvalue weighted by Gasteiger charge is -2.13. The van der Waals surface area contributed by atoms with E-state index in [2.05, 4.69) is 5.32 Å². The first-order chi connectivity index (χ1) is 11.3. The molecule has 0 radical (unpaired) electrons. The molecule has 0 heterocycles. The van der Waals surface area contributed by atoms with Crippen LogP contribution in [0.5, 0.6) is 5.75 Å². The normalized spacial score (nSPS) is 11.0. The molecular formula is C16H13F3N2O3. The summed E-state index contributed by atoms with van der Waals surface area (Å²) >= 11 is 0. The highest BCUT2D eigenvalue weighted by Crippen LogP contribution is 2.35. The zero-order valence-electron chi connectivity index (χ0n) is 12.3. The maximum Gasteiger partial charge on any atom is 0.419 e. The standard InChI is InChI=1S/C16H13F3N2O3/c17-16(18,19)12-3-1-2-4-13(12)24-9-14(22)21-11-7-5-10(6-8-11)15(20)23/h1-8H,9H2,(H2,20,23)(H,21,22). The summed E-state index contributed by atoms with van der Waals surface area (Å²) in [5.74, 6) is -1.68. The molecule has 2 amide bonds. The van der Waals surface area contributed by atoms with E-state index in [9.17, 15) is 22.8 Å². The van der Waals surface area contributed by atoms with Gasteiger partial charge < -0.3 is 15.8 Å². The Morgan fingerprint density at radius 3 is 2.25 bits per heavy atom. The number of hydrogen-bond acceptors (Lipinski definition) is 3. The molecule has 2 rings (SSSR count). The second-order valence-electron chi connectivity index (χ2n) is 4.77. The van der Waals surface area contributed by atoms with Crippen LogP contribution in [-0.2, 0) is 11.0 Å². The number of carbonyl (C=O) groups is 2. The van der Waals surface area contributed by atoms with Gasteiger partial charge in [-0.25, -0.2) is 0 Å². The molecular weight excluding hydrogens is 325 g/mol. The summed E-state index contributed by atoms with van der Waals surface area (Å²) in [5, 5.41) is 2.44. The van der Waals surface area contributed by atoms with E-state index in [1.54, 1.807) is 0 Å². The molecule has 3 N–H and O–H groups in total. The van der Waals surface area contributed by atoms with Crippen LogP contribution in [0, 0.1) is 0 Å². The molecule has 2 aromatic carbocycles. The van der Waals surface area contributed by atoms with Crippen molar-refractivity contribution in [2.75, 3.05) is 11.9 Å². The number of para-hydroxylation sites is 1. The van der Waals surface area contributed by atoms with E-state index in [-0.39, 0.29) is 5.56 Å². The van der Waals surface area contributed by atoms with Gasteiger partial charge in [0.25, 0.3) is 5.91 Å². The summed E-state index contributed by atoms with van der Waals surface area (Å²) in [6.07, 6.45) is -4.57. The molecule has 8 heteroatoms. The molecule has 0 saturated carbocycles. The smallest absolute Gasteiger partial charge is 0.419 e. The highest BCUT2D eigenvalue weighted by molar-refractivity contribution is 5.95.